The fourth-order valence-corrected chi connectivity index (χ4v) is 2.23. The minimum atomic E-state index is -0.557. The van der Waals surface area contributed by atoms with Crippen LogP contribution in [0.15, 0.2) is 24.3 Å². The molecule has 0 saturated carbocycles. The van der Waals surface area contributed by atoms with Gasteiger partial charge >= 0.3 is 0 Å². The van der Waals surface area contributed by atoms with E-state index in [-0.39, 0.29) is 17.5 Å². The van der Waals surface area contributed by atoms with Gasteiger partial charge in [0, 0.05) is 19.5 Å². The van der Waals surface area contributed by atoms with Gasteiger partial charge in [0.05, 0.1) is 5.69 Å². The number of amides is 2. The molecule has 2 amide bonds. The van der Waals surface area contributed by atoms with Gasteiger partial charge in [-0.3, -0.25) is 9.59 Å². The van der Waals surface area contributed by atoms with E-state index >= 15 is 0 Å². The quantitative estimate of drug-likeness (QED) is 0.832. The SMILES string of the molecule is CNCCC(=O)NC1CCN(c2ccccc2F)C1=O. The highest BCUT2D eigenvalue weighted by molar-refractivity contribution is 6.01. The first-order valence-corrected chi connectivity index (χ1v) is 6.63. The molecule has 0 spiro atoms. The van der Waals surface area contributed by atoms with E-state index in [4.69, 9.17) is 0 Å². The second-order valence-electron chi connectivity index (χ2n) is 4.70. The predicted octanol–water partition coefficient (Wildman–Crippen LogP) is 0.657. The monoisotopic (exact) mass is 279 g/mol. The van der Waals surface area contributed by atoms with Crippen LogP contribution < -0.4 is 15.5 Å². The summed E-state index contributed by atoms with van der Waals surface area (Å²) in [7, 11) is 1.76. The number of anilines is 1. The van der Waals surface area contributed by atoms with E-state index in [0.29, 0.717) is 25.9 Å². The summed E-state index contributed by atoms with van der Waals surface area (Å²) < 4.78 is 13.7. The van der Waals surface area contributed by atoms with Gasteiger partial charge in [0.2, 0.25) is 11.8 Å². The van der Waals surface area contributed by atoms with Crippen LogP contribution >= 0.6 is 0 Å². The van der Waals surface area contributed by atoms with Gasteiger partial charge in [0.15, 0.2) is 0 Å². The highest BCUT2D eigenvalue weighted by Crippen LogP contribution is 2.24. The van der Waals surface area contributed by atoms with Gasteiger partial charge in [-0.2, -0.15) is 0 Å². The number of hydrogen-bond donors (Lipinski definition) is 2. The summed E-state index contributed by atoms with van der Waals surface area (Å²) in [6.45, 7) is 0.973. The molecular weight excluding hydrogens is 261 g/mol. The van der Waals surface area contributed by atoms with Crippen molar-refractivity contribution in [3.63, 3.8) is 0 Å². The standard InChI is InChI=1S/C14H18FN3O2/c1-16-8-6-13(19)17-11-7-9-18(14(11)20)12-5-3-2-4-10(12)15/h2-5,11,16H,6-9H2,1H3,(H,17,19). The van der Waals surface area contributed by atoms with Crippen LogP contribution in [0, 0.1) is 5.82 Å². The molecule has 1 atom stereocenters. The molecule has 1 aliphatic rings. The van der Waals surface area contributed by atoms with Crippen molar-refractivity contribution >= 4 is 17.5 Å². The third-order valence-corrected chi connectivity index (χ3v) is 3.29. The van der Waals surface area contributed by atoms with Crippen LogP contribution in [0.2, 0.25) is 0 Å². The second kappa shape index (κ2) is 6.47. The lowest BCUT2D eigenvalue weighted by Crippen LogP contribution is -2.42. The minimum Gasteiger partial charge on any atom is -0.344 e. The number of rotatable bonds is 5. The number of carbonyl (C=O) groups is 2. The Balaban J connectivity index is 1.99. The van der Waals surface area contributed by atoms with Crippen molar-refractivity contribution in [3.8, 4) is 0 Å². The Bertz CT molecular complexity index is 507. The van der Waals surface area contributed by atoms with Crippen molar-refractivity contribution in [2.24, 2.45) is 0 Å². The number of nitrogens with one attached hydrogen (secondary N) is 2. The molecular formula is C14H18FN3O2. The Hall–Kier alpha value is -1.95. The van der Waals surface area contributed by atoms with Crippen molar-refractivity contribution < 1.29 is 14.0 Å². The molecule has 1 aromatic carbocycles. The summed E-state index contributed by atoms with van der Waals surface area (Å²) >= 11 is 0. The largest absolute Gasteiger partial charge is 0.344 e. The van der Waals surface area contributed by atoms with Crippen molar-refractivity contribution in [1.29, 1.82) is 0 Å². The van der Waals surface area contributed by atoms with E-state index in [0.717, 1.165) is 0 Å². The first-order chi connectivity index (χ1) is 9.63. The lowest BCUT2D eigenvalue weighted by Gasteiger charge is -2.17. The highest BCUT2D eigenvalue weighted by Gasteiger charge is 2.34. The van der Waals surface area contributed by atoms with E-state index in [1.165, 1.54) is 11.0 Å². The number of hydrogen-bond acceptors (Lipinski definition) is 3. The van der Waals surface area contributed by atoms with Crippen molar-refractivity contribution in [2.75, 3.05) is 25.0 Å². The van der Waals surface area contributed by atoms with E-state index in [1.807, 2.05) is 0 Å². The summed E-state index contributed by atoms with van der Waals surface area (Å²) in [6.07, 6.45) is 0.818. The first-order valence-electron chi connectivity index (χ1n) is 6.63. The first kappa shape index (κ1) is 14.5. The Labute approximate surface area is 117 Å². The minimum absolute atomic E-state index is 0.173. The third kappa shape index (κ3) is 3.14. The molecule has 1 unspecified atom stereocenters. The average Bonchev–Trinajstić information content (AvgIpc) is 2.79. The number of nitrogens with zero attached hydrogens (tertiary/aromatic N) is 1. The normalized spacial score (nSPS) is 18.4. The molecule has 2 rings (SSSR count). The van der Waals surface area contributed by atoms with E-state index in [1.54, 1.807) is 25.2 Å². The smallest absolute Gasteiger partial charge is 0.249 e. The van der Waals surface area contributed by atoms with Crippen LogP contribution in [0.5, 0.6) is 0 Å². The summed E-state index contributed by atoms with van der Waals surface area (Å²) in [5.41, 5.74) is 0.268. The highest BCUT2D eigenvalue weighted by atomic mass is 19.1. The van der Waals surface area contributed by atoms with Crippen LogP contribution in [0.3, 0.4) is 0 Å². The summed E-state index contributed by atoms with van der Waals surface area (Å²) in [6, 6.07) is 5.60. The Kier molecular flexibility index (Phi) is 4.68. The van der Waals surface area contributed by atoms with Crippen LogP contribution in [0.4, 0.5) is 10.1 Å². The zero-order valence-electron chi connectivity index (χ0n) is 11.4. The molecule has 108 valence electrons. The van der Waals surface area contributed by atoms with Crippen molar-refractivity contribution in [3.05, 3.63) is 30.1 Å². The van der Waals surface area contributed by atoms with Crippen molar-refractivity contribution in [1.82, 2.24) is 10.6 Å². The molecule has 6 heteroatoms. The Morgan fingerprint density at radius 1 is 1.45 bits per heavy atom. The molecule has 1 aliphatic heterocycles. The molecule has 1 saturated heterocycles. The molecule has 1 aromatic rings. The number of carbonyl (C=O) groups excluding carboxylic acids is 2. The van der Waals surface area contributed by atoms with Crippen LogP contribution in [-0.2, 0) is 9.59 Å². The van der Waals surface area contributed by atoms with Gasteiger partial charge in [-0.05, 0) is 25.6 Å². The molecule has 1 heterocycles. The zero-order chi connectivity index (χ0) is 14.5. The number of benzene rings is 1. The molecule has 0 radical (unpaired) electrons. The zero-order valence-corrected chi connectivity index (χ0v) is 11.4. The fourth-order valence-electron chi connectivity index (χ4n) is 2.23. The third-order valence-electron chi connectivity index (χ3n) is 3.29. The van der Waals surface area contributed by atoms with Crippen molar-refractivity contribution in [2.45, 2.75) is 18.9 Å². The Morgan fingerprint density at radius 3 is 2.90 bits per heavy atom. The van der Waals surface area contributed by atoms with E-state index < -0.39 is 11.9 Å². The van der Waals surface area contributed by atoms with Crippen LogP contribution in [-0.4, -0.2) is 38.0 Å². The molecule has 20 heavy (non-hydrogen) atoms. The Morgan fingerprint density at radius 2 is 2.20 bits per heavy atom. The maximum Gasteiger partial charge on any atom is 0.249 e. The summed E-state index contributed by atoms with van der Waals surface area (Å²) in [5, 5.41) is 5.56. The lowest BCUT2D eigenvalue weighted by atomic mass is 10.2. The van der Waals surface area contributed by atoms with Crippen LogP contribution in [0.25, 0.3) is 0 Å². The van der Waals surface area contributed by atoms with Crippen LogP contribution in [0.1, 0.15) is 12.8 Å². The summed E-state index contributed by atoms with van der Waals surface area (Å²) in [4.78, 5) is 25.2. The van der Waals surface area contributed by atoms with Gasteiger partial charge in [0.1, 0.15) is 11.9 Å². The van der Waals surface area contributed by atoms with E-state index in [9.17, 15) is 14.0 Å². The number of para-hydroxylation sites is 1. The average molecular weight is 279 g/mol. The topological polar surface area (TPSA) is 61.4 Å². The van der Waals surface area contributed by atoms with E-state index in [2.05, 4.69) is 10.6 Å². The maximum absolute atomic E-state index is 13.7. The molecule has 0 aromatic heterocycles. The van der Waals surface area contributed by atoms with Gasteiger partial charge < -0.3 is 15.5 Å². The fraction of sp³-hybridized carbons (Fsp3) is 0.429. The molecule has 0 aliphatic carbocycles. The molecule has 0 bridgehead atoms. The van der Waals surface area contributed by atoms with Gasteiger partial charge in [-0.15, -0.1) is 0 Å². The molecule has 2 N–H and O–H groups in total. The second-order valence-corrected chi connectivity index (χ2v) is 4.70. The summed E-state index contributed by atoms with van der Waals surface area (Å²) in [5.74, 6) is -0.857. The number of halogens is 1. The predicted molar refractivity (Wildman–Crippen MR) is 73.8 cm³/mol. The van der Waals surface area contributed by atoms with Gasteiger partial charge in [0.25, 0.3) is 0 Å². The molecule has 5 nitrogen and oxygen atoms in total. The van der Waals surface area contributed by atoms with Gasteiger partial charge in [-0.25, -0.2) is 4.39 Å². The molecule has 1 fully saturated rings. The lowest BCUT2D eigenvalue weighted by molar-refractivity contribution is -0.126. The van der Waals surface area contributed by atoms with Gasteiger partial charge in [-0.1, -0.05) is 12.1 Å². The maximum atomic E-state index is 13.7.